The minimum atomic E-state index is 0.492. The van der Waals surface area contributed by atoms with Crippen LogP contribution in [0.25, 0.3) is 0 Å². The van der Waals surface area contributed by atoms with Crippen molar-refractivity contribution in [3.63, 3.8) is 0 Å². The lowest BCUT2D eigenvalue weighted by molar-refractivity contribution is 0.216. The van der Waals surface area contributed by atoms with Gasteiger partial charge in [-0.3, -0.25) is 0 Å². The molecule has 1 aromatic heterocycles. The predicted octanol–water partition coefficient (Wildman–Crippen LogP) is 1.95. The van der Waals surface area contributed by atoms with Crippen LogP contribution in [0.4, 0.5) is 0 Å². The molecule has 0 radical (unpaired) electrons. The van der Waals surface area contributed by atoms with E-state index in [1.54, 1.807) is 4.80 Å². The molecule has 0 saturated heterocycles. The fourth-order valence-electron chi connectivity index (χ4n) is 3.39. The van der Waals surface area contributed by atoms with E-state index < -0.39 is 0 Å². The van der Waals surface area contributed by atoms with Gasteiger partial charge in [0.15, 0.2) is 5.82 Å². The minimum Gasteiger partial charge on any atom is -0.316 e. The van der Waals surface area contributed by atoms with Crippen molar-refractivity contribution in [3.8, 4) is 0 Å². The van der Waals surface area contributed by atoms with Crippen LogP contribution in [0.5, 0.6) is 0 Å². The molecule has 0 spiro atoms. The molecule has 0 aromatic carbocycles. The quantitative estimate of drug-likeness (QED) is 0.854. The standard InChI is InChI=1S/C14H27N5/c1-4-5-11-6-8-12(9-7-11)13(15-2)10-14-16-18-19(3)17-14/h11-13,15H,4-10H2,1-3H3. The van der Waals surface area contributed by atoms with Crippen LogP contribution in [0, 0.1) is 11.8 Å². The van der Waals surface area contributed by atoms with Gasteiger partial charge in [0.2, 0.25) is 0 Å². The first-order chi connectivity index (χ1) is 9.22. The largest absolute Gasteiger partial charge is 0.316 e. The van der Waals surface area contributed by atoms with Gasteiger partial charge in [-0.05, 0) is 36.9 Å². The Labute approximate surface area is 116 Å². The minimum absolute atomic E-state index is 0.492. The van der Waals surface area contributed by atoms with Crippen LogP contribution in [0.2, 0.25) is 0 Å². The third-order valence-electron chi connectivity index (χ3n) is 4.48. The molecular weight excluding hydrogens is 238 g/mol. The molecule has 1 aromatic rings. The van der Waals surface area contributed by atoms with Gasteiger partial charge in [-0.25, -0.2) is 0 Å². The summed E-state index contributed by atoms with van der Waals surface area (Å²) in [6.45, 7) is 2.29. The van der Waals surface area contributed by atoms with E-state index in [9.17, 15) is 0 Å². The van der Waals surface area contributed by atoms with Crippen LogP contribution in [-0.4, -0.2) is 33.3 Å². The van der Waals surface area contributed by atoms with Crippen molar-refractivity contribution >= 4 is 0 Å². The fourth-order valence-corrected chi connectivity index (χ4v) is 3.39. The second-order valence-corrected chi connectivity index (χ2v) is 5.86. The van der Waals surface area contributed by atoms with Gasteiger partial charge in [-0.2, -0.15) is 4.80 Å². The Morgan fingerprint density at radius 2 is 2.05 bits per heavy atom. The Morgan fingerprint density at radius 1 is 1.32 bits per heavy atom. The summed E-state index contributed by atoms with van der Waals surface area (Å²) in [5, 5.41) is 15.8. The van der Waals surface area contributed by atoms with Crippen molar-refractivity contribution in [2.45, 2.75) is 57.9 Å². The van der Waals surface area contributed by atoms with Gasteiger partial charge < -0.3 is 5.32 Å². The summed E-state index contributed by atoms with van der Waals surface area (Å²) < 4.78 is 0. The molecule has 1 heterocycles. The number of hydrogen-bond donors (Lipinski definition) is 1. The first-order valence-corrected chi connectivity index (χ1v) is 7.63. The van der Waals surface area contributed by atoms with Crippen LogP contribution in [0.15, 0.2) is 0 Å². The average molecular weight is 265 g/mol. The summed E-state index contributed by atoms with van der Waals surface area (Å²) in [5.74, 6) is 2.59. The number of aromatic nitrogens is 4. The summed E-state index contributed by atoms with van der Waals surface area (Å²) in [7, 11) is 3.88. The van der Waals surface area contributed by atoms with Crippen molar-refractivity contribution in [1.82, 2.24) is 25.5 Å². The normalized spacial score (nSPS) is 25.4. The molecule has 108 valence electrons. The van der Waals surface area contributed by atoms with E-state index in [0.29, 0.717) is 6.04 Å². The molecule has 19 heavy (non-hydrogen) atoms. The molecule has 1 atom stereocenters. The zero-order chi connectivity index (χ0) is 13.7. The maximum absolute atomic E-state index is 4.29. The fraction of sp³-hybridized carbons (Fsp3) is 0.929. The van der Waals surface area contributed by atoms with E-state index in [2.05, 4.69) is 34.7 Å². The third kappa shape index (κ3) is 4.00. The predicted molar refractivity (Wildman–Crippen MR) is 75.7 cm³/mol. The summed E-state index contributed by atoms with van der Waals surface area (Å²) >= 11 is 0. The van der Waals surface area contributed by atoms with E-state index >= 15 is 0 Å². The van der Waals surface area contributed by atoms with E-state index in [0.717, 1.165) is 24.1 Å². The third-order valence-corrected chi connectivity index (χ3v) is 4.48. The SMILES string of the molecule is CCCC1CCC(C(Cc2nnn(C)n2)NC)CC1. The van der Waals surface area contributed by atoms with Gasteiger partial charge in [0.25, 0.3) is 0 Å². The van der Waals surface area contributed by atoms with Gasteiger partial charge in [0.1, 0.15) is 0 Å². The van der Waals surface area contributed by atoms with E-state index in [1.165, 1.54) is 38.5 Å². The highest BCUT2D eigenvalue weighted by Gasteiger charge is 2.27. The molecule has 1 saturated carbocycles. The zero-order valence-corrected chi connectivity index (χ0v) is 12.5. The number of nitrogens with zero attached hydrogens (tertiary/aromatic N) is 4. The second-order valence-electron chi connectivity index (χ2n) is 5.86. The number of nitrogens with one attached hydrogen (secondary N) is 1. The molecule has 1 N–H and O–H groups in total. The van der Waals surface area contributed by atoms with Crippen molar-refractivity contribution in [1.29, 1.82) is 0 Å². The molecule has 2 rings (SSSR count). The Kier molecular flexibility index (Phi) is 5.31. The number of aryl methyl sites for hydroxylation is 1. The Morgan fingerprint density at radius 3 is 2.58 bits per heavy atom. The Hall–Kier alpha value is -0.970. The van der Waals surface area contributed by atoms with Crippen LogP contribution in [0.1, 0.15) is 51.3 Å². The van der Waals surface area contributed by atoms with Crippen LogP contribution < -0.4 is 5.32 Å². The van der Waals surface area contributed by atoms with Gasteiger partial charge >= 0.3 is 0 Å². The molecule has 1 aliphatic rings. The van der Waals surface area contributed by atoms with Gasteiger partial charge in [-0.1, -0.05) is 32.6 Å². The highest BCUT2D eigenvalue weighted by molar-refractivity contribution is 4.89. The number of hydrogen-bond acceptors (Lipinski definition) is 4. The van der Waals surface area contributed by atoms with E-state index in [4.69, 9.17) is 0 Å². The maximum Gasteiger partial charge on any atom is 0.176 e. The summed E-state index contributed by atoms with van der Waals surface area (Å²) in [6.07, 6.45) is 9.10. The van der Waals surface area contributed by atoms with E-state index in [-0.39, 0.29) is 0 Å². The van der Waals surface area contributed by atoms with Crippen LogP contribution >= 0.6 is 0 Å². The van der Waals surface area contributed by atoms with Crippen molar-refractivity contribution in [3.05, 3.63) is 5.82 Å². The van der Waals surface area contributed by atoms with Gasteiger partial charge in [0, 0.05) is 12.5 Å². The topological polar surface area (TPSA) is 55.6 Å². The molecule has 5 nitrogen and oxygen atoms in total. The van der Waals surface area contributed by atoms with Crippen molar-refractivity contribution < 1.29 is 0 Å². The molecule has 0 bridgehead atoms. The number of rotatable bonds is 6. The van der Waals surface area contributed by atoms with Crippen molar-refractivity contribution in [2.24, 2.45) is 18.9 Å². The first-order valence-electron chi connectivity index (χ1n) is 7.63. The highest BCUT2D eigenvalue weighted by atomic mass is 15.6. The monoisotopic (exact) mass is 265 g/mol. The lowest BCUT2D eigenvalue weighted by Crippen LogP contribution is -2.38. The van der Waals surface area contributed by atoms with Crippen LogP contribution in [0.3, 0.4) is 0 Å². The summed E-state index contributed by atoms with van der Waals surface area (Å²) in [6, 6.07) is 0.492. The molecular formula is C14H27N5. The number of tetrazole rings is 1. The molecule has 5 heteroatoms. The average Bonchev–Trinajstić information content (AvgIpc) is 2.83. The summed E-state index contributed by atoms with van der Waals surface area (Å²) in [4.78, 5) is 1.54. The number of likely N-dealkylation sites (N-methyl/N-ethyl adjacent to an activating group) is 1. The Bertz CT molecular complexity index is 368. The maximum atomic E-state index is 4.29. The highest BCUT2D eigenvalue weighted by Crippen LogP contribution is 2.33. The van der Waals surface area contributed by atoms with Crippen LogP contribution in [-0.2, 0) is 13.5 Å². The first kappa shape index (κ1) is 14.4. The Balaban J connectivity index is 1.85. The molecule has 0 aliphatic heterocycles. The van der Waals surface area contributed by atoms with Crippen molar-refractivity contribution in [2.75, 3.05) is 7.05 Å². The second kappa shape index (κ2) is 6.98. The molecule has 1 aliphatic carbocycles. The summed E-state index contributed by atoms with van der Waals surface area (Å²) in [5.41, 5.74) is 0. The molecule has 1 fully saturated rings. The lowest BCUT2D eigenvalue weighted by Gasteiger charge is -2.33. The zero-order valence-electron chi connectivity index (χ0n) is 12.5. The van der Waals surface area contributed by atoms with E-state index in [1.807, 2.05) is 7.05 Å². The van der Waals surface area contributed by atoms with Gasteiger partial charge in [0.05, 0.1) is 7.05 Å². The lowest BCUT2D eigenvalue weighted by atomic mass is 9.76. The smallest absolute Gasteiger partial charge is 0.176 e. The molecule has 1 unspecified atom stereocenters. The molecule has 0 amide bonds. The van der Waals surface area contributed by atoms with Gasteiger partial charge in [-0.15, -0.1) is 10.2 Å².